The first-order chi connectivity index (χ1) is 8.89. The highest BCUT2D eigenvalue weighted by molar-refractivity contribution is 9.10. The van der Waals surface area contributed by atoms with Crippen molar-refractivity contribution in [2.45, 2.75) is 19.1 Å². The molecular formula is C13H18BrCl2F3N2. The largest absolute Gasteiger partial charge is 0.408 e. The fourth-order valence-corrected chi connectivity index (χ4v) is 3.08. The maximum atomic E-state index is 13.4. The average molecular weight is 410 g/mol. The number of hydrogen-bond acceptors (Lipinski definition) is 2. The van der Waals surface area contributed by atoms with Crippen LogP contribution < -0.4 is 5.32 Å². The number of alkyl halides is 3. The van der Waals surface area contributed by atoms with Gasteiger partial charge in [0.2, 0.25) is 0 Å². The van der Waals surface area contributed by atoms with Crippen LogP contribution in [-0.2, 0) is 0 Å². The van der Waals surface area contributed by atoms with Gasteiger partial charge >= 0.3 is 6.18 Å². The van der Waals surface area contributed by atoms with Gasteiger partial charge in [0, 0.05) is 30.7 Å². The number of halogens is 6. The highest BCUT2D eigenvalue weighted by Gasteiger charge is 2.45. The molecule has 1 aliphatic heterocycles. The first-order valence-corrected chi connectivity index (χ1v) is 6.96. The van der Waals surface area contributed by atoms with Crippen molar-refractivity contribution in [2.75, 3.05) is 26.2 Å². The average Bonchev–Trinajstić information content (AvgIpc) is 2.32. The summed E-state index contributed by atoms with van der Waals surface area (Å²) in [7, 11) is 0. The van der Waals surface area contributed by atoms with Gasteiger partial charge in [-0.1, -0.05) is 28.1 Å². The molecule has 0 saturated carbocycles. The van der Waals surface area contributed by atoms with Gasteiger partial charge in [-0.15, -0.1) is 24.8 Å². The van der Waals surface area contributed by atoms with Crippen LogP contribution in [-0.4, -0.2) is 37.3 Å². The standard InChI is InChI=1S/C13H16BrF3N2.2ClH/c1-9-2-3-10(11(14)8-9)12(13(15,16)17)19-6-4-18-5-7-19;;/h2-3,8,12,18H,4-7H2,1H3;2*1H/t12-;;/m1../s1. The maximum Gasteiger partial charge on any atom is 0.408 e. The summed E-state index contributed by atoms with van der Waals surface area (Å²) in [5.41, 5.74) is 1.23. The summed E-state index contributed by atoms with van der Waals surface area (Å²) in [6, 6.07) is 3.49. The molecule has 1 saturated heterocycles. The quantitative estimate of drug-likeness (QED) is 0.790. The Hall–Kier alpha value is -0.0100. The topological polar surface area (TPSA) is 15.3 Å². The molecule has 1 N–H and O–H groups in total. The van der Waals surface area contributed by atoms with Crippen LogP contribution in [0.15, 0.2) is 22.7 Å². The smallest absolute Gasteiger partial charge is 0.314 e. The van der Waals surface area contributed by atoms with E-state index in [0.717, 1.165) is 5.56 Å². The summed E-state index contributed by atoms with van der Waals surface area (Å²) in [5, 5.41) is 3.08. The Morgan fingerprint density at radius 3 is 2.24 bits per heavy atom. The number of rotatable bonds is 2. The number of piperazine rings is 1. The molecule has 2 nitrogen and oxygen atoms in total. The van der Waals surface area contributed by atoms with Gasteiger partial charge in [0.1, 0.15) is 6.04 Å². The van der Waals surface area contributed by atoms with Crippen molar-refractivity contribution in [3.63, 3.8) is 0 Å². The molecule has 0 aliphatic carbocycles. The minimum atomic E-state index is -4.27. The number of nitrogens with one attached hydrogen (secondary N) is 1. The molecule has 0 aromatic heterocycles. The van der Waals surface area contributed by atoms with E-state index in [1.54, 1.807) is 18.2 Å². The van der Waals surface area contributed by atoms with E-state index in [1.807, 2.05) is 6.92 Å². The van der Waals surface area contributed by atoms with E-state index in [2.05, 4.69) is 21.2 Å². The van der Waals surface area contributed by atoms with Crippen LogP contribution in [0.2, 0.25) is 0 Å². The summed E-state index contributed by atoms with van der Waals surface area (Å²) in [4.78, 5) is 1.49. The van der Waals surface area contributed by atoms with Crippen molar-refractivity contribution in [1.82, 2.24) is 10.2 Å². The third-order valence-corrected chi connectivity index (χ3v) is 3.96. The van der Waals surface area contributed by atoms with Crippen molar-refractivity contribution in [2.24, 2.45) is 0 Å². The van der Waals surface area contributed by atoms with Crippen LogP contribution in [0.3, 0.4) is 0 Å². The Bertz CT molecular complexity index is 452. The van der Waals surface area contributed by atoms with E-state index in [0.29, 0.717) is 36.2 Å². The van der Waals surface area contributed by atoms with Crippen LogP contribution >= 0.6 is 40.7 Å². The van der Waals surface area contributed by atoms with Crippen molar-refractivity contribution < 1.29 is 13.2 Å². The summed E-state index contributed by atoms with van der Waals surface area (Å²) in [6.07, 6.45) is -4.27. The first-order valence-electron chi connectivity index (χ1n) is 6.17. The molecule has 0 bridgehead atoms. The van der Waals surface area contributed by atoms with Crippen LogP contribution in [0.25, 0.3) is 0 Å². The summed E-state index contributed by atoms with van der Waals surface area (Å²) in [6.45, 7) is 3.86. The predicted molar refractivity (Wildman–Crippen MR) is 86.6 cm³/mol. The second-order valence-electron chi connectivity index (χ2n) is 4.76. The lowest BCUT2D eigenvalue weighted by atomic mass is 10.0. The van der Waals surface area contributed by atoms with Crippen molar-refractivity contribution in [3.8, 4) is 0 Å². The molecule has 1 aromatic carbocycles. The molecule has 122 valence electrons. The van der Waals surface area contributed by atoms with E-state index in [9.17, 15) is 13.2 Å². The molecule has 2 rings (SSSR count). The molecule has 1 fully saturated rings. The Kier molecular flexibility index (Phi) is 8.57. The molecule has 1 aromatic rings. The molecule has 1 aliphatic rings. The Morgan fingerprint density at radius 2 is 1.76 bits per heavy atom. The molecule has 0 amide bonds. The number of aryl methyl sites for hydroxylation is 1. The normalized spacial score (nSPS) is 17.6. The Labute approximate surface area is 143 Å². The Balaban J connectivity index is 0.00000200. The third kappa shape index (κ3) is 5.28. The van der Waals surface area contributed by atoms with Crippen LogP contribution in [0.5, 0.6) is 0 Å². The Morgan fingerprint density at radius 1 is 1.19 bits per heavy atom. The first kappa shape index (κ1) is 21.0. The van der Waals surface area contributed by atoms with E-state index < -0.39 is 12.2 Å². The predicted octanol–water partition coefficient (Wildman–Crippen LogP) is 4.11. The van der Waals surface area contributed by atoms with Crippen LogP contribution in [0.4, 0.5) is 13.2 Å². The fraction of sp³-hybridized carbons (Fsp3) is 0.538. The number of benzene rings is 1. The molecule has 0 spiro atoms. The highest BCUT2D eigenvalue weighted by atomic mass is 79.9. The lowest BCUT2D eigenvalue weighted by Gasteiger charge is -2.36. The van der Waals surface area contributed by atoms with Crippen molar-refractivity contribution in [1.29, 1.82) is 0 Å². The zero-order chi connectivity index (χ0) is 14.0. The maximum absolute atomic E-state index is 13.4. The van der Waals surface area contributed by atoms with E-state index >= 15 is 0 Å². The van der Waals surface area contributed by atoms with Crippen molar-refractivity contribution >= 4 is 40.7 Å². The summed E-state index contributed by atoms with van der Waals surface area (Å²) in [5.74, 6) is 0. The van der Waals surface area contributed by atoms with Gasteiger partial charge in [-0.2, -0.15) is 13.2 Å². The summed E-state index contributed by atoms with van der Waals surface area (Å²) >= 11 is 3.26. The molecule has 0 unspecified atom stereocenters. The second-order valence-corrected chi connectivity index (χ2v) is 5.61. The van der Waals surface area contributed by atoms with Crippen molar-refractivity contribution in [3.05, 3.63) is 33.8 Å². The zero-order valence-corrected chi connectivity index (χ0v) is 14.6. The molecule has 0 radical (unpaired) electrons. The second kappa shape index (κ2) is 8.58. The molecule has 8 heteroatoms. The lowest BCUT2D eigenvalue weighted by Crippen LogP contribution is -2.49. The lowest BCUT2D eigenvalue weighted by molar-refractivity contribution is -0.188. The monoisotopic (exact) mass is 408 g/mol. The number of hydrogen-bond donors (Lipinski definition) is 1. The highest BCUT2D eigenvalue weighted by Crippen LogP contribution is 2.40. The van der Waals surface area contributed by atoms with Gasteiger partial charge in [0.05, 0.1) is 0 Å². The van der Waals surface area contributed by atoms with E-state index in [-0.39, 0.29) is 24.8 Å². The third-order valence-electron chi connectivity index (χ3n) is 3.28. The van der Waals surface area contributed by atoms with Gasteiger partial charge in [-0.25, -0.2) is 0 Å². The van der Waals surface area contributed by atoms with Gasteiger partial charge in [0.15, 0.2) is 0 Å². The van der Waals surface area contributed by atoms with Crippen LogP contribution in [0, 0.1) is 6.92 Å². The molecular weight excluding hydrogens is 392 g/mol. The van der Waals surface area contributed by atoms with Gasteiger partial charge in [-0.05, 0) is 24.1 Å². The van der Waals surface area contributed by atoms with E-state index in [1.165, 1.54) is 4.90 Å². The molecule has 21 heavy (non-hydrogen) atoms. The SMILES string of the molecule is Cc1ccc([C@@H](N2CCNCC2)C(F)(F)F)c(Br)c1.Cl.Cl. The van der Waals surface area contributed by atoms with E-state index in [4.69, 9.17) is 0 Å². The number of nitrogens with zero attached hydrogens (tertiary/aromatic N) is 1. The van der Waals surface area contributed by atoms with Gasteiger partial charge < -0.3 is 5.32 Å². The molecule has 1 heterocycles. The van der Waals surface area contributed by atoms with Crippen LogP contribution in [0.1, 0.15) is 17.2 Å². The fourth-order valence-electron chi connectivity index (χ4n) is 2.37. The summed E-state index contributed by atoms with van der Waals surface area (Å²) < 4.78 is 40.7. The minimum absolute atomic E-state index is 0. The minimum Gasteiger partial charge on any atom is -0.314 e. The molecule has 1 atom stereocenters. The van der Waals surface area contributed by atoms with Gasteiger partial charge in [0.25, 0.3) is 0 Å². The van der Waals surface area contributed by atoms with Gasteiger partial charge in [-0.3, -0.25) is 4.90 Å². The zero-order valence-electron chi connectivity index (χ0n) is 11.4.